The standard InChI is InChI=1S/C6H9N3S/c1-6(2,5-7)10(4)9-8-3/h1-2,4H3. The lowest BCUT2D eigenvalue weighted by Gasteiger charge is -2.10. The van der Waals surface area contributed by atoms with Gasteiger partial charge in [0.1, 0.15) is 9.22 Å². The first-order valence-corrected chi connectivity index (χ1v) is 4.28. The van der Waals surface area contributed by atoms with E-state index in [0.717, 1.165) is 0 Å². The summed E-state index contributed by atoms with van der Waals surface area (Å²) in [6, 6.07) is 2.10. The smallest absolute Gasteiger partial charge is 0.115 e. The Morgan fingerprint density at radius 2 is 2.20 bits per heavy atom. The second-order valence-electron chi connectivity index (χ2n) is 2.28. The highest BCUT2D eigenvalue weighted by Crippen LogP contribution is 2.11. The zero-order valence-corrected chi connectivity index (χ0v) is 7.07. The van der Waals surface area contributed by atoms with Crippen molar-refractivity contribution in [1.29, 1.82) is 5.26 Å². The van der Waals surface area contributed by atoms with Gasteiger partial charge in [0.2, 0.25) is 0 Å². The molecule has 0 saturated carbocycles. The summed E-state index contributed by atoms with van der Waals surface area (Å²) in [7, 11) is -0.471. The van der Waals surface area contributed by atoms with Gasteiger partial charge in [-0.25, -0.2) is 0 Å². The number of nitrogens with zero attached hydrogens (tertiary/aromatic N) is 3. The molecule has 54 valence electrons. The van der Waals surface area contributed by atoms with E-state index in [9.17, 15) is 0 Å². The summed E-state index contributed by atoms with van der Waals surface area (Å²) in [6.07, 6.45) is 1.79. The molecular weight excluding hydrogens is 146 g/mol. The molecule has 0 saturated heterocycles. The van der Waals surface area contributed by atoms with Crippen LogP contribution in [0, 0.1) is 17.9 Å². The number of hydrogen-bond acceptors (Lipinski definition) is 2. The molecule has 0 bridgehead atoms. The van der Waals surface area contributed by atoms with Crippen LogP contribution in [0.15, 0.2) is 4.47 Å². The topological polar surface area (TPSA) is 40.5 Å². The lowest BCUT2D eigenvalue weighted by molar-refractivity contribution is 0.908. The molecule has 0 amide bonds. The van der Waals surface area contributed by atoms with E-state index >= 15 is 0 Å². The quantitative estimate of drug-likeness (QED) is 0.418. The highest BCUT2D eigenvalue weighted by molar-refractivity contribution is 7.88. The van der Waals surface area contributed by atoms with Crippen LogP contribution in [0.25, 0.3) is 4.95 Å². The SMILES string of the molecule is [C-]#[N+]/N=S(\C)C(C)(C)C#N. The maximum atomic E-state index is 8.59. The molecule has 0 aromatic heterocycles. The summed E-state index contributed by atoms with van der Waals surface area (Å²) in [4.78, 5) is 2.89. The molecule has 0 aliphatic rings. The molecule has 0 spiro atoms. The summed E-state index contributed by atoms with van der Waals surface area (Å²) in [5.41, 5.74) is 0. The fourth-order valence-corrected chi connectivity index (χ4v) is 0.688. The van der Waals surface area contributed by atoms with Crippen LogP contribution in [0.5, 0.6) is 0 Å². The molecule has 3 nitrogen and oxygen atoms in total. The minimum absolute atomic E-state index is 0.471. The number of rotatable bonds is 1. The van der Waals surface area contributed by atoms with Gasteiger partial charge in [-0.1, -0.05) is 0 Å². The summed E-state index contributed by atoms with van der Waals surface area (Å²) >= 11 is 0. The maximum Gasteiger partial charge on any atom is 0.115 e. The molecule has 0 aliphatic carbocycles. The Morgan fingerprint density at radius 1 is 1.70 bits per heavy atom. The summed E-state index contributed by atoms with van der Waals surface area (Å²) in [5.74, 6) is 0. The van der Waals surface area contributed by atoms with Crippen molar-refractivity contribution < 1.29 is 0 Å². The summed E-state index contributed by atoms with van der Waals surface area (Å²) < 4.78 is 3.07. The van der Waals surface area contributed by atoms with Crippen LogP contribution in [-0.4, -0.2) is 11.0 Å². The minimum atomic E-state index is -0.495. The van der Waals surface area contributed by atoms with Gasteiger partial charge in [-0.05, 0) is 13.8 Å². The highest BCUT2D eigenvalue weighted by atomic mass is 32.2. The Balaban J connectivity index is 4.56. The maximum absolute atomic E-state index is 8.59. The predicted octanol–water partition coefficient (Wildman–Crippen LogP) is 1.55. The van der Waals surface area contributed by atoms with Crippen molar-refractivity contribution in [2.24, 2.45) is 4.47 Å². The first-order valence-electron chi connectivity index (χ1n) is 2.69. The largest absolute Gasteiger partial charge is 0.197 e. The van der Waals surface area contributed by atoms with Gasteiger partial charge in [-0.2, -0.15) is 11.8 Å². The zero-order valence-electron chi connectivity index (χ0n) is 6.25. The molecule has 0 rings (SSSR count). The Morgan fingerprint density at radius 3 is 2.50 bits per heavy atom. The van der Waals surface area contributed by atoms with Gasteiger partial charge in [-0.15, -0.1) is 4.95 Å². The Hall–Kier alpha value is -0.870. The van der Waals surface area contributed by atoms with Crippen molar-refractivity contribution in [2.45, 2.75) is 18.6 Å². The van der Waals surface area contributed by atoms with E-state index in [1.165, 1.54) is 0 Å². The van der Waals surface area contributed by atoms with E-state index < -0.39 is 15.4 Å². The van der Waals surface area contributed by atoms with Gasteiger partial charge in [-0.3, -0.25) is 0 Å². The van der Waals surface area contributed by atoms with Crippen molar-refractivity contribution in [3.05, 3.63) is 11.5 Å². The third-order valence-electron chi connectivity index (χ3n) is 1.17. The highest BCUT2D eigenvalue weighted by Gasteiger charge is 2.21. The average Bonchev–Trinajstić information content (AvgIpc) is 1.89. The van der Waals surface area contributed by atoms with Crippen LogP contribution in [0.4, 0.5) is 0 Å². The Kier molecular flexibility index (Phi) is 3.05. The fourth-order valence-electron chi connectivity index (χ4n) is 0.229. The number of nitriles is 1. The van der Waals surface area contributed by atoms with Crippen LogP contribution >= 0.6 is 0 Å². The van der Waals surface area contributed by atoms with Gasteiger partial charge in [0.05, 0.1) is 6.07 Å². The molecule has 1 atom stereocenters. The lowest BCUT2D eigenvalue weighted by atomic mass is 10.2. The molecule has 0 N–H and O–H groups in total. The molecule has 0 aliphatic heterocycles. The van der Waals surface area contributed by atoms with Gasteiger partial charge in [0, 0.05) is 16.9 Å². The van der Waals surface area contributed by atoms with Gasteiger partial charge in [0.25, 0.3) is 0 Å². The molecular formula is C6H9N3S. The van der Waals surface area contributed by atoms with Gasteiger partial charge < -0.3 is 0 Å². The molecule has 0 fully saturated rings. The van der Waals surface area contributed by atoms with E-state index in [1.54, 1.807) is 20.1 Å². The van der Waals surface area contributed by atoms with Crippen molar-refractivity contribution >= 4 is 10.7 Å². The van der Waals surface area contributed by atoms with Crippen LogP contribution in [0.2, 0.25) is 0 Å². The molecule has 1 unspecified atom stereocenters. The first kappa shape index (κ1) is 9.13. The normalized spacial score (nSPS) is 13.7. The van der Waals surface area contributed by atoms with E-state index in [0.29, 0.717) is 0 Å². The third kappa shape index (κ3) is 2.16. The van der Waals surface area contributed by atoms with Crippen molar-refractivity contribution in [2.75, 3.05) is 6.26 Å². The molecule has 0 aromatic rings. The average molecular weight is 155 g/mol. The summed E-state index contributed by atoms with van der Waals surface area (Å²) in [5, 5.41) is 8.59. The second-order valence-corrected chi connectivity index (χ2v) is 4.42. The lowest BCUT2D eigenvalue weighted by Crippen LogP contribution is -2.22. The van der Waals surface area contributed by atoms with Crippen LogP contribution in [0.1, 0.15) is 13.8 Å². The summed E-state index contributed by atoms with van der Waals surface area (Å²) in [6.45, 7) is 10.0. The first-order chi connectivity index (χ1) is 4.54. The Labute approximate surface area is 63.6 Å². The van der Waals surface area contributed by atoms with E-state index in [4.69, 9.17) is 11.8 Å². The second kappa shape index (κ2) is 3.34. The molecule has 10 heavy (non-hydrogen) atoms. The van der Waals surface area contributed by atoms with Crippen molar-refractivity contribution in [3.8, 4) is 6.07 Å². The molecule has 4 heteroatoms. The van der Waals surface area contributed by atoms with E-state index in [-0.39, 0.29) is 0 Å². The van der Waals surface area contributed by atoms with E-state index in [2.05, 4.69) is 15.5 Å². The van der Waals surface area contributed by atoms with Crippen molar-refractivity contribution in [3.63, 3.8) is 0 Å². The third-order valence-corrected chi connectivity index (χ3v) is 3.07. The van der Waals surface area contributed by atoms with Crippen LogP contribution in [-0.2, 0) is 10.7 Å². The van der Waals surface area contributed by atoms with Crippen LogP contribution < -0.4 is 0 Å². The molecule has 0 heterocycles. The molecule has 0 aromatic carbocycles. The monoisotopic (exact) mass is 155 g/mol. The zero-order chi connectivity index (χ0) is 8.20. The minimum Gasteiger partial charge on any atom is -0.197 e. The van der Waals surface area contributed by atoms with Crippen molar-refractivity contribution in [1.82, 2.24) is 0 Å². The Bertz CT molecular complexity index is 228. The number of hydrogen-bond donors (Lipinski definition) is 0. The fraction of sp³-hybridized carbons (Fsp3) is 0.667. The van der Waals surface area contributed by atoms with Gasteiger partial charge >= 0.3 is 0 Å². The van der Waals surface area contributed by atoms with Gasteiger partial charge in [0.15, 0.2) is 0 Å². The van der Waals surface area contributed by atoms with E-state index in [1.807, 2.05) is 0 Å². The predicted molar refractivity (Wildman–Crippen MR) is 42.0 cm³/mol. The molecule has 0 radical (unpaired) electrons. The van der Waals surface area contributed by atoms with Crippen LogP contribution in [0.3, 0.4) is 0 Å².